The van der Waals surface area contributed by atoms with E-state index < -0.39 is 0 Å². The van der Waals surface area contributed by atoms with Crippen LogP contribution in [0.3, 0.4) is 0 Å². The first kappa shape index (κ1) is 14.1. The molecule has 1 aliphatic heterocycles. The predicted molar refractivity (Wildman–Crippen MR) is 82.5 cm³/mol. The minimum absolute atomic E-state index is 0.155. The molecule has 5 nitrogen and oxygen atoms in total. The molecule has 0 saturated carbocycles. The summed E-state index contributed by atoms with van der Waals surface area (Å²) in [6.45, 7) is 5.35. The number of rotatable bonds is 3. The first-order valence-corrected chi connectivity index (χ1v) is 7.46. The van der Waals surface area contributed by atoms with Crippen LogP contribution in [0.25, 0.3) is 0 Å². The summed E-state index contributed by atoms with van der Waals surface area (Å²) in [5.74, 6) is 0.545. The maximum absolute atomic E-state index is 5.99. The average Bonchev–Trinajstić information content (AvgIpc) is 2.46. The normalized spacial score (nSPS) is 14.0. The summed E-state index contributed by atoms with van der Waals surface area (Å²) in [6, 6.07) is 6.70. The molecule has 110 valence electrons. The lowest BCUT2D eigenvalue weighted by atomic mass is 10.00. The van der Waals surface area contributed by atoms with Crippen molar-refractivity contribution in [3.8, 4) is 6.01 Å². The fraction of sp³-hybridized carbons (Fsp3) is 0.400. The standard InChI is InChI=1S/C15H17ClN4O/c1-3-21-15-18-13(16)17-14(19-15)20-8-4-5-11-9-10(2)6-7-12(11)20/h6-7,9H,3-5,8H2,1-2H3. The summed E-state index contributed by atoms with van der Waals surface area (Å²) in [7, 11) is 0. The quantitative estimate of drug-likeness (QED) is 0.870. The second-order valence-electron chi connectivity index (χ2n) is 5.01. The van der Waals surface area contributed by atoms with E-state index in [1.54, 1.807) is 0 Å². The number of benzene rings is 1. The molecule has 0 spiro atoms. The Kier molecular flexibility index (Phi) is 3.92. The molecule has 1 aromatic heterocycles. The largest absolute Gasteiger partial charge is 0.464 e. The molecule has 1 aliphatic rings. The minimum atomic E-state index is 0.155. The first-order chi connectivity index (χ1) is 10.2. The molecule has 6 heteroatoms. The van der Waals surface area contributed by atoms with Gasteiger partial charge in [0.15, 0.2) is 0 Å². The molecule has 0 amide bonds. The molecule has 0 bridgehead atoms. The number of nitrogens with zero attached hydrogens (tertiary/aromatic N) is 4. The number of hydrogen-bond acceptors (Lipinski definition) is 5. The van der Waals surface area contributed by atoms with Crippen molar-refractivity contribution >= 4 is 23.2 Å². The van der Waals surface area contributed by atoms with Crippen LogP contribution in [0.1, 0.15) is 24.5 Å². The van der Waals surface area contributed by atoms with Crippen LogP contribution in [-0.2, 0) is 6.42 Å². The van der Waals surface area contributed by atoms with Crippen molar-refractivity contribution in [2.75, 3.05) is 18.1 Å². The molecular formula is C15H17ClN4O. The van der Waals surface area contributed by atoms with Crippen molar-refractivity contribution in [2.24, 2.45) is 0 Å². The summed E-state index contributed by atoms with van der Waals surface area (Å²) in [4.78, 5) is 14.7. The molecule has 21 heavy (non-hydrogen) atoms. The van der Waals surface area contributed by atoms with Crippen molar-refractivity contribution in [3.63, 3.8) is 0 Å². The van der Waals surface area contributed by atoms with E-state index >= 15 is 0 Å². The number of aromatic nitrogens is 3. The Hall–Kier alpha value is -1.88. The van der Waals surface area contributed by atoms with Gasteiger partial charge in [-0.05, 0) is 49.9 Å². The third kappa shape index (κ3) is 2.93. The molecule has 2 heterocycles. The summed E-state index contributed by atoms with van der Waals surface area (Å²) < 4.78 is 5.35. The van der Waals surface area contributed by atoms with E-state index in [0.717, 1.165) is 25.1 Å². The lowest BCUT2D eigenvalue weighted by Crippen LogP contribution is -2.26. The molecule has 3 rings (SSSR count). The zero-order valence-electron chi connectivity index (χ0n) is 12.1. The highest BCUT2D eigenvalue weighted by atomic mass is 35.5. The Morgan fingerprint density at radius 2 is 2.14 bits per heavy atom. The molecule has 0 saturated heterocycles. The van der Waals surface area contributed by atoms with Gasteiger partial charge in [0.1, 0.15) is 0 Å². The second kappa shape index (κ2) is 5.85. The van der Waals surface area contributed by atoms with Crippen LogP contribution >= 0.6 is 11.6 Å². The minimum Gasteiger partial charge on any atom is -0.464 e. The predicted octanol–water partition coefficient (Wildman–Crippen LogP) is 3.32. The van der Waals surface area contributed by atoms with Gasteiger partial charge in [-0.25, -0.2) is 0 Å². The highest BCUT2D eigenvalue weighted by Crippen LogP contribution is 2.32. The van der Waals surface area contributed by atoms with E-state index in [1.807, 2.05) is 6.92 Å². The van der Waals surface area contributed by atoms with E-state index in [1.165, 1.54) is 11.1 Å². The number of halogens is 1. The molecular weight excluding hydrogens is 288 g/mol. The fourth-order valence-electron chi connectivity index (χ4n) is 2.57. The van der Waals surface area contributed by atoms with Gasteiger partial charge in [0.05, 0.1) is 6.61 Å². The van der Waals surface area contributed by atoms with Gasteiger partial charge in [0.25, 0.3) is 0 Å². The van der Waals surface area contributed by atoms with Crippen LogP contribution in [0.2, 0.25) is 5.28 Å². The topological polar surface area (TPSA) is 51.1 Å². The van der Waals surface area contributed by atoms with Crippen molar-refractivity contribution in [3.05, 3.63) is 34.6 Å². The Morgan fingerprint density at radius 1 is 1.29 bits per heavy atom. The number of ether oxygens (including phenoxy) is 1. The van der Waals surface area contributed by atoms with Crippen LogP contribution in [0.4, 0.5) is 11.6 Å². The Morgan fingerprint density at radius 3 is 2.95 bits per heavy atom. The van der Waals surface area contributed by atoms with Gasteiger partial charge in [-0.3, -0.25) is 0 Å². The number of fused-ring (bicyclic) bond motifs is 1. The zero-order chi connectivity index (χ0) is 14.8. The van der Waals surface area contributed by atoms with Crippen molar-refractivity contribution < 1.29 is 4.74 Å². The van der Waals surface area contributed by atoms with Crippen LogP contribution < -0.4 is 9.64 Å². The second-order valence-corrected chi connectivity index (χ2v) is 5.35. The van der Waals surface area contributed by atoms with Gasteiger partial charge in [0.2, 0.25) is 11.2 Å². The van der Waals surface area contributed by atoms with E-state index in [4.69, 9.17) is 16.3 Å². The molecule has 0 fully saturated rings. The van der Waals surface area contributed by atoms with Gasteiger partial charge >= 0.3 is 6.01 Å². The van der Waals surface area contributed by atoms with E-state index in [2.05, 4.69) is 45.0 Å². The van der Waals surface area contributed by atoms with Gasteiger partial charge < -0.3 is 9.64 Å². The Balaban J connectivity index is 2.02. The number of hydrogen-bond donors (Lipinski definition) is 0. The SMILES string of the molecule is CCOc1nc(Cl)nc(N2CCCc3cc(C)ccc32)n1. The molecule has 0 atom stereocenters. The Labute approximate surface area is 129 Å². The van der Waals surface area contributed by atoms with Crippen LogP contribution in [0.15, 0.2) is 18.2 Å². The summed E-state index contributed by atoms with van der Waals surface area (Å²) >= 11 is 5.99. The molecule has 0 aliphatic carbocycles. The summed E-state index contributed by atoms with van der Waals surface area (Å²) in [5, 5.41) is 0.155. The molecule has 1 aromatic carbocycles. The number of anilines is 2. The lowest BCUT2D eigenvalue weighted by Gasteiger charge is -2.29. The monoisotopic (exact) mass is 304 g/mol. The lowest BCUT2D eigenvalue weighted by molar-refractivity contribution is 0.311. The Bertz CT molecular complexity index is 662. The summed E-state index contributed by atoms with van der Waals surface area (Å²) in [6.07, 6.45) is 2.13. The van der Waals surface area contributed by atoms with Crippen LogP contribution in [0, 0.1) is 6.92 Å². The van der Waals surface area contributed by atoms with E-state index in [0.29, 0.717) is 12.6 Å². The van der Waals surface area contributed by atoms with E-state index in [9.17, 15) is 0 Å². The van der Waals surface area contributed by atoms with Crippen LogP contribution in [0.5, 0.6) is 6.01 Å². The molecule has 2 aromatic rings. The molecule has 0 unspecified atom stereocenters. The number of aryl methyl sites for hydroxylation is 2. The average molecular weight is 305 g/mol. The third-order valence-corrected chi connectivity index (χ3v) is 3.61. The van der Waals surface area contributed by atoms with Crippen molar-refractivity contribution in [2.45, 2.75) is 26.7 Å². The maximum Gasteiger partial charge on any atom is 0.322 e. The highest BCUT2D eigenvalue weighted by Gasteiger charge is 2.21. The van der Waals surface area contributed by atoms with Gasteiger partial charge in [0, 0.05) is 12.2 Å². The van der Waals surface area contributed by atoms with Gasteiger partial charge in [-0.1, -0.05) is 17.7 Å². The van der Waals surface area contributed by atoms with Crippen molar-refractivity contribution in [1.82, 2.24) is 15.0 Å². The molecule has 0 N–H and O–H groups in total. The third-order valence-electron chi connectivity index (χ3n) is 3.44. The van der Waals surface area contributed by atoms with Gasteiger partial charge in [-0.2, -0.15) is 15.0 Å². The van der Waals surface area contributed by atoms with Crippen LogP contribution in [-0.4, -0.2) is 28.1 Å². The van der Waals surface area contributed by atoms with Gasteiger partial charge in [-0.15, -0.1) is 0 Å². The zero-order valence-corrected chi connectivity index (χ0v) is 12.9. The van der Waals surface area contributed by atoms with Crippen molar-refractivity contribution in [1.29, 1.82) is 0 Å². The first-order valence-electron chi connectivity index (χ1n) is 7.09. The summed E-state index contributed by atoms with van der Waals surface area (Å²) in [5.41, 5.74) is 3.71. The van der Waals surface area contributed by atoms with E-state index in [-0.39, 0.29) is 11.3 Å². The fourth-order valence-corrected chi connectivity index (χ4v) is 2.72. The maximum atomic E-state index is 5.99. The molecule has 0 radical (unpaired) electrons. The highest BCUT2D eigenvalue weighted by molar-refractivity contribution is 6.28. The smallest absolute Gasteiger partial charge is 0.322 e.